The number of rotatable bonds is 9. The van der Waals surface area contributed by atoms with Gasteiger partial charge in [-0.25, -0.2) is 8.78 Å². The van der Waals surface area contributed by atoms with Crippen molar-refractivity contribution in [3.05, 3.63) is 59.7 Å². The Morgan fingerprint density at radius 2 is 1.62 bits per heavy atom. The molecule has 0 spiro atoms. The molecule has 0 aliphatic rings. The molecule has 0 aromatic heterocycles. The van der Waals surface area contributed by atoms with E-state index in [4.69, 9.17) is 4.74 Å². The summed E-state index contributed by atoms with van der Waals surface area (Å²) >= 11 is 0. The maximum atomic E-state index is 13.2. The lowest BCUT2D eigenvalue weighted by Crippen LogP contribution is -2.39. The van der Waals surface area contributed by atoms with E-state index in [9.17, 15) is 18.7 Å². The fourth-order valence-electron chi connectivity index (χ4n) is 2.72. The van der Waals surface area contributed by atoms with Gasteiger partial charge in [-0.15, -0.1) is 0 Å². The van der Waals surface area contributed by atoms with Crippen LogP contribution < -0.4 is 10.1 Å². The van der Waals surface area contributed by atoms with E-state index < -0.39 is 23.0 Å². The minimum absolute atomic E-state index is 0.0884. The van der Waals surface area contributed by atoms with Crippen LogP contribution in [0.1, 0.15) is 32.3 Å². The van der Waals surface area contributed by atoms with Crippen molar-refractivity contribution < 1.29 is 23.4 Å². The summed E-state index contributed by atoms with van der Waals surface area (Å²) in [4.78, 5) is 11.5. The summed E-state index contributed by atoms with van der Waals surface area (Å²) in [5, 5.41) is 12.6. The van der Waals surface area contributed by atoms with Gasteiger partial charge in [-0.2, -0.15) is 0 Å². The van der Waals surface area contributed by atoms with Crippen molar-refractivity contribution in [2.75, 3.05) is 6.54 Å². The largest absolute Gasteiger partial charge is 0.481 e. The molecule has 0 bridgehead atoms. The Morgan fingerprint density at radius 1 is 1.04 bits per heavy atom. The molecular weight excluding hydrogens is 340 g/mol. The lowest BCUT2D eigenvalue weighted by Gasteiger charge is -2.27. The van der Waals surface area contributed by atoms with Crippen LogP contribution in [0.2, 0.25) is 0 Å². The monoisotopic (exact) mass is 363 g/mol. The third kappa shape index (κ3) is 5.02. The van der Waals surface area contributed by atoms with Crippen molar-refractivity contribution >= 4 is 5.97 Å². The number of hydrogen-bond acceptors (Lipinski definition) is 3. The highest BCUT2D eigenvalue weighted by molar-refractivity contribution is 5.74. The summed E-state index contributed by atoms with van der Waals surface area (Å²) in [6.07, 6.45) is 1.12. The van der Waals surface area contributed by atoms with Crippen LogP contribution in [0, 0.1) is 17.0 Å². The average Bonchev–Trinajstić information content (AvgIpc) is 2.59. The van der Waals surface area contributed by atoms with E-state index in [1.165, 1.54) is 0 Å². The van der Waals surface area contributed by atoms with Gasteiger partial charge in [0.1, 0.15) is 23.1 Å². The smallest absolute Gasteiger partial charge is 0.310 e. The first-order chi connectivity index (χ1) is 12.4. The predicted octanol–water partition coefficient (Wildman–Crippen LogP) is 4.74. The zero-order valence-electron chi connectivity index (χ0n) is 14.9. The number of aliphatic carboxylic acids is 1. The van der Waals surface area contributed by atoms with Gasteiger partial charge in [0.25, 0.3) is 0 Å². The molecule has 0 saturated heterocycles. The van der Waals surface area contributed by atoms with Gasteiger partial charge in [0, 0.05) is 31.3 Å². The van der Waals surface area contributed by atoms with Crippen LogP contribution in [0.4, 0.5) is 8.78 Å². The molecule has 0 radical (unpaired) electrons. The first-order valence-electron chi connectivity index (χ1n) is 8.55. The Balaban J connectivity index is 1.94. The molecule has 0 saturated carbocycles. The molecule has 2 N–H and O–H groups in total. The van der Waals surface area contributed by atoms with E-state index in [-0.39, 0.29) is 5.75 Å². The zero-order valence-corrected chi connectivity index (χ0v) is 14.9. The molecule has 4 nitrogen and oxygen atoms in total. The van der Waals surface area contributed by atoms with Gasteiger partial charge in [-0.1, -0.05) is 26.0 Å². The minimum Gasteiger partial charge on any atom is -0.481 e. The second-order valence-electron chi connectivity index (χ2n) is 6.25. The number of benzene rings is 2. The van der Waals surface area contributed by atoms with E-state index in [1.807, 2.05) is 26.0 Å². The predicted molar refractivity (Wildman–Crippen MR) is 95.2 cm³/mol. The van der Waals surface area contributed by atoms with Crippen LogP contribution in [-0.4, -0.2) is 17.6 Å². The highest BCUT2D eigenvalue weighted by Crippen LogP contribution is 2.26. The lowest BCUT2D eigenvalue weighted by molar-refractivity contribution is -0.149. The van der Waals surface area contributed by atoms with Gasteiger partial charge in [-0.05, 0) is 30.5 Å². The van der Waals surface area contributed by atoms with Crippen molar-refractivity contribution in [2.45, 2.75) is 33.2 Å². The third-order valence-corrected chi connectivity index (χ3v) is 4.59. The van der Waals surface area contributed by atoms with E-state index in [2.05, 4.69) is 5.32 Å². The Bertz CT molecular complexity index is 723. The Labute approximate surface area is 151 Å². The molecular formula is C20H23F2NO3. The molecule has 0 unspecified atom stereocenters. The van der Waals surface area contributed by atoms with Crippen LogP contribution in [-0.2, 0) is 11.3 Å². The summed E-state index contributed by atoms with van der Waals surface area (Å²) in [6.45, 7) is 4.65. The standard InChI is InChI=1S/C20H23F2NO3/c1-3-20(4-2,19(24)25)13-23-12-14-5-7-17(8-6-14)26-18-10-15(21)9-16(22)11-18/h5-11,23H,3-4,12-13H2,1-2H3,(H,24,25). The summed E-state index contributed by atoms with van der Waals surface area (Å²) < 4.78 is 31.8. The first-order valence-corrected chi connectivity index (χ1v) is 8.55. The van der Waals surface area contributed by atoms with Crippen molar-refractivity contribution in [1.82, 2.24) is 5.32 Å². The SMILES string of the molecule is CCC(CC)(CNCc1ccc(Oc2cc(F)cc(F)c2)cc1)C(=O)O. The van der Waals surface area contributed by atoms with Crippen LogP contribution in [0.5, 0.6) is 11.5 Å². The summed E-state index contributed by atoms with van der Waals surface area (Å²) in [6, 6.07) is 10.0. The Hall–Kier alpha value is -2.47. The normalized spacial score (nSPS) is 11.4. The van der Waals surface area contributed by atoms with E-state index in [0.717, 1.165) is 23.8 Å². The second kappa shape index (κ2) is 8.76. The lowest BCUT2D eigenvalue weighted by atomic mass is 9.82. The third-order valence-electron chi connectivity index (χ3n) is 4.59. The molecule has 26 heavy (non-hydrogen) atoms. The number of halogens is 2. The molecule has 0 amide bonds. The van der Waals surface area contributed by atoms with Gasteiger partial charge in [0.2, 0.25) is 0 Å². The average molecular weight is 363 g/mol. The molecule has 0 aliphatic carbocycles. The topological polar surface area (TPSA) is 58.6 Å². The van der Waals surface area contributed by atoms with E-state index in [0.29, 0.717) is 31.7 Å². The summed E-state index contributed by atoms with van der Waals surface area (Å²) in [5.74, 6) is -1.64. The number of hydrogen-bond donors (Lipinski definition) is 2. The maximum absolute atomic E-state index is 13.2. The molecule has 0 aliphatic heterocycles. The Kier molecular flexibility index (Phi) is 6.69. The number of ether oxygens (including phenoxy) is 1. The molecule has 6 heteroatoms. The quantitative estimate of drug-likeness (QED) is 0.676. The fourth-order valence-corrected chi connectivity index (χ4v) is 2.72. The van der Waals surface area contributed by atoms with Crippen molar-refractivity contribution in [3.8, 4) is 11.5 Å². The fraction of sp³-hybridized carbons (Fsp3) is 0.350. The maximum Gasteiger partial charge on any atom is 0.310 e. The Morgan fingerprint density at radius 3 is 2.12 bits per heavy atom. The second-order valence-corrected chi connectivity index (χ2v) is 6.25. The van der Waals surface area contributed by atoms with E-state index >= 15 is 0 Å². The van der Waals surface area contributed by atoms with Crippen LogP contribution in [0.3, 0.4) is 0 Å². The molecule has 2 aromatic carbocycles. The van der Waals surface area contributed by atoms with Crippen LogP contribution in [0.25, 0.3) is 0 Å². The summed E-state index contributed by atoms with van der Waals surface area (Å²) in [5.41, 5.74) is 0.194. The molecule has 140 valence electrons. The van der Waals surface area contributed by atoms with Gasteiger partial charge >= 0.3 is 5.97 Å². The molecule has 0 atom stereocenters. The van der Waals surface area contributed by atoms with Crippen molar-refractivity contribution in [2.24, 2.45) is 5.41 Å². The molecule has 0 fully saturated rings. The van der Waals surface area contributed by atoms with Crippen LogP contribution in [0.15, 0.2) is 42.5 Å². The summed E-state index contributed by atoms with van der Waals surface area (Å²) in [7, 11) is 0. The number of nitrogens with one attached hydrogen (secondary N) is 1. The number of carboxylic acids is 1. The number of carbonyl (C=O) groups is 1. The van der Waals surface area contributed by atoms with Gasteiger partial charge in [0.05, 0.1) is 5.41 Å². The van der Waals surface area contributed by atoms with Gasteiger partial charge in [0.15, 0.2) is 0 Å². The zero-order chi connectivity index (χ0) is 19.2. The first kappa shape index (κ1) is 19.8. The highest BCUT2D eigenvalue weighted by atomic mass is 19.1. The molecule has 2 rings (SSSR count). The van der Waals surface area contributed by atoms with Gasteiger partial charge in [-0.3, -0.25) is 4.79 Å². The molecule has 2 aromatic rings. The van der Waals surface area contributed by atoms with Crippen molar-refractivity contribution in [1.29, 1.82) is 0 Å². The highest BCUT2D eigenvalue weighted by Gasteiger charge is 2.34. The van der Waals surface area contributed by atoms with Crippen molar-refractivity contribution in [3.63, 3.8) is 0 Å². The molecule has 0 heterocycles. The van der Waals surface area contributed by atoms with Crippen LogP contribution >= 0.6 is 0 Å². The van der Waals surface area contributed by atoms with Gasteiger partial charge < -0.3 is 15.2 Å². The number of carboxylic acid groups (broad SMARTS) is 1. The van der Waals surface area contributed by atoms with E-state index in [1.54, 1.807) is 12.1 Å². The minimum atomic E-state index is -0.791.